The standard InChI is InChI=1S/C17H20ClNOS/c1-3-11-5-7-21-17(11)15(19-2)10-13-9-14(18)8-12-4-6-20-16(12)13/h5,7-9,15,19H,3-4,6,10H2,1-2H3. The second-order valence-electron chi connectivity index (χ2n) is 5.36. The number of likely N-dealkylation sites (N-methyl/N-ethyl adjacent to an activating group) is 1. The third kappa shape index (κ3) is 2.96. The number of hydrogen-bond acceptors (Lipinski definition) is 3. The van der Waals surface area contributed by atoms with Crippen LogP contribution in [-0.2, 0) is 19.3 Å². The van der Waals surface area contributed by atoms with E-state index < -0.39 is 0 Å². The Morgan fingerprint density at radius 3 is 3.00 bits per heavy atom. The molecule has 1 aromatic heterocycles. The lowest BCUT2D eigenvalue weighted by molar-refractivity contribution is 0.352. The molecule has 2 nitrogen and oxygen atoms in total. The summed E-state index contributed by atoms with van der Waals surface area (Å²) in [6.45, 7) is 2.98. The van der Waals surface area contributed by atoms with Crippen molar-refractivity contribution in [1.82, 2.24) is 5.32 Å². The van der Waals surface area contributed by atoms with Crippen molar-refractivity contribution >= 4 is 22.9 Å². The number of benzene rings is 1. The number of aryl methyl sites for hydroxylation is 1. The van der Waals surface area contributed by atoms with Crippen molar-refractivity contribution in [3.05, 3.63) is 50.2 Å². The monoisotopic (exact) mass is 321 g/mol. The van der Waals surface area contributed by atoms with E-state index in [1.807, 2.05) is 24.5 Å². The molecule has 1 aromatic carbocycles. The molecule has 3 rings (SSSR count). The number of thiophene rings is 1. The highest BCUT2D eigenvalue weighted by Crippen LogP contribution is 2.36. The molecule has 0 saturated heterocycles. The van der Waals surface area contributed by atoms with Crippen LogP contribution >= 0.6 is 22.9 Å². The molecular weight excluding hydrogens is 302 g/mol. The first-order valence-electron chi connectivity index (χ1n) is 7.40. The number of nitrogens with one attached hydrogen (secondary N) is 1. The zero-order valence-corrected chi connectivity index (χ0v) is 14.0. The third-order valence-corrected chi connectivity index (χ3v) is 5.37. The predicted molar refractivity (Wildman–Crippen MR) is 89.9 cm³/mol. The molecule has 0 fully saturated rings. The van der Waals surface area contributed by atoms with E-state index in [2.05, 4.69) is 29.8 Å². The van der Waals surface area contributed by atoms with E-state index in [1.54, 1.807) is 0 Å². The lowest BCUT2D eigenvalue weighted by Gasteiger charge is -2.18. The van der Waals surface area contributed by atoms with Crippen LogP contribution in [0.3, 0.4) is 0 Å². The first kappa shape index (κ1) is 14.9. The van der Waals surface area contributed by atoms with Gasteiger partial charge in [-0.3, -0.25) is 0 Å². The van der Waals surface area contributed by atoms with Gasteiger partial charge < -0.3 is 10.1 Å². The van der Waals surface area contributed by atoms with Crippen LogP contribution in [0.25, 0.3) is 0 Å². The van der Waals surface area contributed by atoms with Gasteiger partial charge in [-0.25, -0.2) is 0 Å². The summed E-state index contributed by atoms with van der Waals surface area (Å²) in [5.41, 5.74) is 3.89. The third-order valence-electron chi connectivity index (χ3n) is 4.08. The summed E-state index contributed by atoms with van der Waals surface area (Å²) in [4.78, 5) is 1.42. The zero-order valence-electron chi connectivity index (χ0n) is 12.4. The van der Waals surface area contributed by atoms with Crippen LogP contribution in [0.5, 0.6) is 5.75 Å². The van der Waals surface area contributed by atoms with Crippen molar-refractivity contribution in [3.8, 4) is 5.75 Å². The van der Waals surface area contributed by atoms with Crippen LogP contribution < -0.4 is 10.1 Å². The summed E-state index contributed by atoms with van der Waals surface area (Å²) in [7, 11) is 2.02. The highest BCUT2D eigenvalue weighted by molar-refractivity contribution is 7.10. The minimum atomic E-state index is 0.312. The average Bonchev–Trinajstić information content (AvgIpc) is 3.12. The van der Waals surface area contributed by atoms with E-state index in [-0.39, 0.29) is 0 Å². The van der Waals surface area contributed by atoms with E-state index in [0.29, 0.717) is 6.04 Å². The van der Waals surface area contributed by atoms with E-state index in [9.17, 15) is 0 Å². The minimum Gasteiger partial charge on any atom is -0.493 e. The Morgan fingerprint density at radius 2 is 2.24 bits per heavy atom. The van der Waals surface area contributed by atoms with Gasteiger partial charge >= 0.3 is 0 Å². The second-order valence-corrected chi connectivity index (χ2v) is 6.74. The largest absolute Gasteiger partial charge is 0.493 e. The molecule has 0 bridgehead atoms. The molecule has 1 aliphatic heterocycles. The normalized spacial score (nSPS) is 14.8. The fourth-order valence-corrected chi connectivity index (χ4v) is 4.36. The van der Waals surface area contributed by atoms with Crippen molar-refractivity contribution in [3.63, 3.8) is 0 Å². The maximum absolute atomic E-state index is 6.27. The molecule has 1 atom stereocenters. The van der Waals surface area contributed by atoms with E-state index >= 15 is 0 Å². The molecule has 0 saturated carbocycles. The van der Waals surface area contributed by atoms with Gasteiger partial charge in [0.15, 0.2) is 0 Å². The number of halogens is 1. The van der Waals surface area contributed by atoms with Gasteiger partial charge in [0.1, 0.15) is 5.75 Å². The molecule has 2 aromatic rings. The molecule has 1 N–H and O–H groups in total. The first-order chi connectivity index (χ1) is 10.2. The van der Waals surface area contributed by atoms with E-state index in [4.69, 9.17) is 16.3 Å². The minimum absolute atomic E-state index is 0.312. The number of rotatable bonds is 5. The van der Waals surface area contributed by atoms with Gasteiger partial charge in [0.25, 0.3) is 0 Å². The molecule has 1 unspecified atom stereocenters. The molecule has 0 aliphatic carbocycles. The van der Waals surface area contributed by atoms with Crippen LogP contribution in [-0.4, -0.2) is 13.7 Å². The SMILES string of the molecule is CCc1ccsc1C(Cc1cc(Cl)cc2c1OCC2)NC. The summed E-state index contributed by atoms with van der Waals surface area (Å²) < 4.78 is 5.82. The van der Waals surface area contributed by atoms with Gasteiger partial charge in [-0.1, -0.05) is 18.5 Å². The number of fused-ring (bicyclic) bond motifs is 1. The Hall–Kier alpha value is -1.03. The van der Waals surface area contributed by atoms with Gasteiger partial charge in [-0.15, -0.1) is 11.3 Å². The Labute approximate surface area is 135 Å². The second kappa shape index (κ2) is 6.39. The zero-order chi connectivity index (χ0) is 14.8. The molecule has 0 spiro atoms. The Bertz CT molecular complexity index is 638. The smallest absolute Gasteiger partial charge is 0.125 e. The Morgan fingerprint density at radius 1 is 1.38 bits per heavy atom. The average molecular weight is 322 g/mol. The molecule has 2 heterocycles. The van der Waals surface area contributed by atoms with Crippen molar-refractivity contribution in [1.29, 1.82) is 0 Å². The molecule has 0 radical (unpaired) electrons. The fourth-order valence-electron chi connectivity index (χ4n) is 2.99. The predicted octanol–water partition coefficient (Wildman–Crippen LogP) is 4.40. The van der Waals surface area contributed by atoms with Gasteiger partial charge in [-0.2, -0.15) is 0 Å². The summed E-state index contributed by atoms with van der Waals surface area (Å²) >= 11 is 8.09. The summed E-state index contributed by atoms with van der Waals surface area (Å²) in [6, 6.07) is 6.62. The molecule has 0 amide bonds. The molecule has 21 heavy (non-hydrogen) atoms. The van der Waals surface area contributed by atoms with Crippen LogP contribution in [0.2, 0.25) is 5.02 Å². The fraction of sp³-hybridized carbons (Fsp3) is 0.412. The molecule has 112 valence electrons. The quantitative estimate of drug-likeness (QED) is 0.881. The van der Waals surface area contributed by atoms with Crippen LogP contribution in [0.15, 0.2) is 23.6 Å². The van der Waals surface area contributed by atoms with Crippen LogP contribution in [0, 0.1) is 0 Å². The Balaban J connectivity index is 1.92. The Kier molecular flexibility index (Phi) is 4.53. The maximum atomic E-state index is 6.27. The topological polar surface area (TPSA) is 21.3 Å². The van der Waals surface area contributed by atoms with Gasteiger partial charge in [-0.05, 0) is 60.2 Å². The highest BCUT2D eigenvalue weighted by atomic mass is 35.5. The lowest BCUT2D eigenvalue weighted by atomic mass is 9.98. The van der Waals surface area contributed by atoms with Crippen LogP contribution in [0.4, 0.5) is 0 Å². The molecule has 4 heteroatoms. The van der Waals surface area contributed by atoms with E-state index in [1.165, 1.54) is 21.6 Å². The van der Waals surface area contributed by atoms with Crippen molar-refractivity contribution < 1.29 is 4.74 Å². The van der Waals surface area contributed by atoms with Crippen LogP contribution in [0.1, 0.15) is 34.5 Å². The first-order valence-corrected chi connectivity index (χ1v) is 8.66. The van der Waals surface area contributed by atoms with E-state index in [0.717, 1.165) is 36.6 Å². The lowest BCUT2D eigenvalue weighted by Crippen LogP contribution is -2.19. The van der Waals surface area contributed by atoms with Crippen molar-refractivity contribution in [2.24, 2.45) is 0 Å². The number of hydrogen-bond donors (Lipinski definition) is 1. The summed E-state index contributed by atoms with van der Waals surface area (Å²) in [5, 5.41) is 6.44. The highest BCUT2D eigenvalue weighted by Gasteiger charge is 2.22. The summed E-state index contributed by atoms with van der Waals surface area (Å²) in [6.07, 6.45) is 2.94. The van der Waals surface area contributed by atoms with Gasteiger partial charge in [0.05, 0.1) is 6.61 Å². The summed E-state index contributed by atoms with van der Waals surface area (Å²) in [5.74, 6) is 1.05. The van der Waals surface area contributed by atoms with Gasteiger partial charge in [0.2, 0.25) is 0 Å². The molecular formula is C17H20ClNOS. The van der Waals surface area contributed by atoms with Crippen molar-refractivity contribution in [2.45, 2.75) is 32.2 Å². The van der Waals surface area contributed by atoms with Crippen molar-refractivity contribution in [2.75, 3.05) is 13.7 Å². The maximum Gasteiger partial charge on any atom is 0.125 e. The number of ether oxygens (including phenoxy) is 1. The molecule has 1 aliphatic rings. The van der Waals surface area contributed by atoms with Gasteiger partial charge in [0, 0.05) is 22.4 Å².